The first-order valence-corrected chi connectivity index (χ1v) is 7.60. The van der Waals surface area contributed by atoms with E-state index in [1.165, 1.54) is 12.3 Å². The average Bonchev–Trinajstić information content (AvgIpc) is 2.73. The zero-order valence-corrected chi connectivity index (χ0v) is 11.9. The third kappa shape index (κ3) is 2.82. The minimum atomic E-state index is -3.56. The Morgan fingerprint density at radius 2 is 2.18 bits per heavy atom. The van der Waals surface area contributed by atoms with Gasteiger partial charge in [0.15, 0.2) is 0 Å². The quantitative estimate of drug-likeness (QED) is 0.936. The van der Waals surface area contributed by atoms with Gasteiger partial charge in [-0.05, 0) is 30.7 Å². The minimum absolute atomic E-state index is 0.214. The Kier molecular flexibility index (Phi) is 3.45. The van der Waals surface area contributed by atoms with Crippen molar-refractivity contribution in [2.75, 3.05) is 4.72 Å². The Morgan fingerprint density at radius 3 is 2.76 bits per heavy atom. The van der Waals surface area contributed by atoms with Crippen molar-refractivity contribution in [2.24, 2.45) is 0 Å². The number of hydrogen-bond donors (Lipinski definition) is 1. The molecule has 0 radical (unpaired) electrons. The maximum absolute atomic E-state index is 12.0. The number of benzene rings is 1. The van der Waals surface area contributed by atoms with Crippen molar-refractivity contribution in [3.05, 3.63) is 34.4 Å². The zero-order chi connectivity index (χ0) is 12.5. The molecule has 0 aliphatic carbocycles. The zero-order valence-electron chi connectivity index (χ0n) is 8.71. The van der Waals surface area contributed by atoms with Crippen molar-refractivity contribution >= 4 is 42.5 Å². The molecule has 0 aliphatic rings. The van der Waals surface area contributed by atoms with Gasteiger partial charge in [-0.15, -0.1) is 5.10 Å². The Bertz CT molecular complexity index is 626. The summed E-state index contributed by atoms with van der Waals surface area (Å²) in [4.78, 5) is 0.214. The lowest BCUT2D eigenvalue weighted by Crippen LogP contribution is -2.12. The average molecular weight is 334 g/mol. The first-order chi connectivity index (χ1) is 7.99. The smallest absolute Gasteiger partial charge is 0.262 e. The lowest BCUT2D eigenvalue weighted by atomic mass is 10.2. The van der Waals surface area contributed by atoms with Crippen molar-refractivity contribution in [3.8, 4) is 0 Å². The van der Waals surface area contributed by atoms with Crippen LogP contribution in [0.2, 0.25) is 0 Å². The van der Waals surface area contributed by atoms with Gasteiger partial charge in [0.05, 0.1) is 11.1 Å². The second kappa shape index (κ2) is 4.71. The number of halogens is 1. The van der Waals surface area contributed by atoms with Crippen LogP contribution in [-0.2, 0) is 10.0 Å². The van der Waals surface area contributed by atoms with Gasteiger partial charge in [0.1, 0.15) is 5.00 Å². The summed E-state index contributed by atoms with van der Waals surface area (Å²) < 4.78 is 30.8. The minimum Gasteiger partial charge on any atom is -0.268 e. The molecule has 0 atom stereocenters. The Balaban J connectivity index is 2.35. The van der Waals surface area contributed by atoms with Crippen LogP contribution in [0.5, 0.6) is 0 Å². The van der Waals surface area contributed by atoms with E-state index in [-0.39, 0.29) is 4.90 Å². The molecule has 0 aliphatic heterocycles. The van der Waals surface area contributed by atoms with E-state index in [9.17, 15) is 8.42 Å². The molecule has 1 aromatic heterocycles. The van der Waals surface area contributed by atoms with Crippen molar-refractivity contribution < 1.29 is 8.42 Å². The molecule has 1 heterocycles. The molecule has 0 saturated carbocycles. The lowest BCUT2D eigenvalue weighted by molar-refractivity contribution is 0.601. The fourth-order valence-corrected chi connectivity index (χ4v) is 3.20. The molecule has 90 valence electrons. The monoisotopic (exact) mass is 333 g/mol. The summed E-state index contributed by atoms with van der Waals surface area (Å²) in [5.74, 6) is 0. The predicted molar refractivity (Wildman–Crippen MR) is 69.6 cm³/mol. The summed E-state index contributed by atoms with van der Waals surface area (Å²) in [5, 5.41) is 3.96. The van der Waals surface area contributed by atoms with Crippen molar-refractivity contribution in [1.29, 1.82) is 0 Å². The molecule has 0 fully saturated rings. The van der Waals surface area contributed by atoms with Crippen LogP contribution in [0.1, 0.15) is 5.56 Å². The van der Waals surface area contributed by atoms with E-state index >= 15 is 0 Å². The van der Waals surface area contributed by atoms with Crippen molar-refractivity contribution in [2.45, 2.75) is 11.8 Å². The summed E-state index contributed by atoms with van der Waals surface area (Å²) in [6, 6.07) is 4.84. The fraction of sp³-hybridized carbons (Fsp3) is 0.111. The number of sulfonamides is 1. The highest BCUT2D eigenvalue weighted by Crippen LogP contribution is 2.22. The van der Waals surface area contributed by atoms with Crippen molar-refractivity contribution in [1.82, 2.24) is 9.59 Å². The van der Waals surface area contributed by atoms with Gasteiger partial charge in [-0.1, -0.05) is 20.4 Å². The normalized spacial score (nSPS) is 11.4. The molecule has 17 heavy (non-hydrogen) atoms. The maximum Gasteiger partial charge on any atom is 0.262 e. The molecule has 1 aromatic carbocycles. The second-order valence-corrected chi connectivity index (χ2v) is 6.62. The number of hydrogen-bond acceptors (Lipinski definition) is 5. The molecular formula is C9H8BrN3O2S2. The van der Waals surface area contributed by atoms with Gasteiger partial charge in [-0.25, -0.2) is 8.42 Å². The highest BCUT2D eigenvalue weighted by molar-refractivity contribution is 9.10. The molecule has 1 N–H and O–H groups in total. The van der Waals surface area contributed by atoms with Gasteiger partial charge in [0.25, 0.3) is 10.0 Å². The van der Waals surface area contributed by atoms with E-state index < -0.39 is 10.0 Å². The van der Waals surface area contributed by atoms with E-state index in [1.807, 2.05) is 6.92 Å². The highest BCUT2D eigenvalue weighted by atomic mass is 79.9. The summed E-state index contributed by atoms with van der Waals surface area (Å²) in [7, 11) is -3.56. The van der Waals surface area contributed by atoms with Crippen molar-refractivity contribution in [3.63, 3.8) is 0 Å². The van der Waals surface area contributed by atoms with E-state index in [0.717, 1.165) is 21.6 Å². The number of nitrogens with one attached hydrogen (secondary N) is 1. The summed E-state index contributed by atoms with van der Waals surface area (Å²) in [6.45, 7) is 1.83. The van der Waals surface area contributed by atoms with Crippen LogP contribution in [0, 0.1) is 6.92 Å². The van der Waals surface area contributed by atoms with E-state index in [0.29, 0.717) is 5.00 Å². The molecule has 5 nitrogen and oxygen atoms in total. The molecule has 2 rings (SSSR count). The van der Waals surface area contributed by atoms with Gasteiger partial charge in [-0.3, -0.25) is 4.72 Å². The first kappa shape index (κ1) is 12.5. The molecule has 0 unspecified atom stereocenters. The maximum atomic E-state index is 12.0. The number of nitrogens with zero attached hydrogens (tertiary/aromatic N) is 2. The van der Waals surface area contributed by atoms with Crippen LogP contribution < -0.4 is 4.72 Å². The highest BCUT2D eigenvalue weighted by Gasteiger charge is 2.15. The van der Waals surface area contributed by atoms with Crippen LogP contribution in [-0.4, -0.2) is 18.0 Å². The van der Waals surface area contributed by atoms with E-state index in [2.05, 4.69) is 30.2 Å². The Labute approximate surface area is 111 Å². The third-order valence-corrected chi connectivity index (χ3v) is 5.00. The van der Waals surface area contributed by atoms with Crippen LogP contribution in [0.25, 0.3) is 0 Å². The number of anilines is 1. The number of aryl methyl sites for hydroxylation is 1. The van der Waals surface area contributed by atoms with Gasteiger partial charge in [0.2, 0.25) is 0 Å². The van der Waals surface area contributed by atoms with Crippen LogP contribution in [0.3, 0.4) is 0 Å². The molecule has 0 saturated heterocycles. The standard InChI is InChI=1S/C9H8BrN3O2S2/c1-6-4-7(2-3-8(6)10)17(14,15)12-9-5-11-13-16-9/h2-5,12H,1H3. The van der Waals surface area contributed by atoms with E-state index in [4.69, 9.17) is 0 Å². The first-order valence-electron chi connectivity index (χ1n) is 4.55. The predicted octanol–water partition coefficient (Wildman–Crippen LogP) is 2.41. The molecule has 0 bridgehead atoms. The van der Waals surface area contributed by atoms with Crippen LogP contribution in [0.4, 0.5) is 5.00 Å². The summed E-state index contributed by atoms with van der Waals surface area (Å²) in [5.41, 5.74) is 0.857. The fourth-order valence-electron chi connectivity index (χ4n) is 1.19. The second-order valence-electron chi connectivity index (χ2n) is 3.30. The van der Waals surface area contributed by atoms with Gasteiger partial charge in [-0.2, -0.15) is 0 Å². The summed E-state index contributed by atoms with van der Waals surface area (Å²) in [6.07, 6.45) is 1.37. The number of rotatable bonds is 3. The lowest BCUT2D eigenvalue weighted by Gasteiger charge is -2.06. The molecule has 0 spiro atoms. The SMILES string of the molecule is Cc1cc(S(=O)(=O)Nc2cnns2)ccc1Br. The largest absolute Gasteiger partial charge is 0.268 e. The van der Waals surface area contributed by atoms with Crippen LogP contribution in [0.15, 0.2) is 33.8 Å². The van der Waals surface area contributed by atoms with Gasteiger partial charge < -0.3 is 0 Å². The molecule has 0 amide bonds. The van der Waals surface area contributed by atoms with Crippen LogP contribution >= 0.6 is 27.5 Å². The molecule has 2 aromatic rings. The third-order valence-electron chi connectivity index (χ3n) is 2.04. The topological polar surface area (TPSA) is 72.0 Å². The molecular weight excluding hydrogens is 326 g/mol. The Morgan fingerprint density at radius 1 is 1.41 bits per heavy atom. The van der Waals surface area contributed by atoms with Gasteiger partial charge in [0, 0.05) is 16.0 Å². The van der Waals surface area contributed by atoms with E-state index in [1.54, 1.807) is 12.1 Å². The number of aromatic nitrogens is 2. The summed E-state index contributed by atoms with van der Waals surface area (Å²) >= 11 is 4.31. The van der Waals surface area contributed by atoms with Gasteiger partial charge >= 0.3 is 0 Å². The molecule has 8 heteroatoms. The Hall–Kier alpha value is -0.990.